The van der Waals surface area contributed by atoms with Crippen molar-refractivity contribution in [2.45, 2.75) is 52.6 Å². The number of carbonyl (C=O) groups excluding carboxylic acids is 1. The largest absolute Gasteiger partial charge is 0.442 e. The van der Waals surface area contributed by atoms with E-state index < -0.39 is 11.7 Å². The van der Waals surface area contributed by atoms with Crippen molar-refractivity contribution in [1.82, 2.24) is 9.78 Å². The van der Waals surface area contributed by atoms with Gasteiger partial charge in [0.25, 0.3) is 0 Å². The Morgan fingerprint density at radius 2 is 2.19 bits per heavy atom. The topological polar surface area (TPSA) is 44.1 Å². The van der Waals surface area contributed by atoms with E-state index in [4.69, 9.17) is 4.74 Å². The van der Waals surface area contributed by atoms with Crippen LogP contribution in [0, 0.1) is 0 Å². The van der Waals surface area contributed by atoms with Crippen molar-refractivity contribution in [1.29, 1.82) is 0 Å². The molecule has 0 radical (unpaired) electrons. The summed E-state index contributed by atoms with van der Waals surface area (Å²) in [5.41, 5.74) is 0.577. The highest BCUT2D eigenvalue weighted by molar-refractivity contribution is 5.69. The van der Waals surface area contributed by atoms with Gasteiger partial charge in [-0.1, -0.05) is 13.8 Å². The first kappa shape index (κ1) is 12.7. The minimum atomic E-state index is -0.487. The van der Waals surface area contributed by atoms with Crippen molar-refractivity contribution < 1.29 is 9.53 Å². The van der Waals surface area contributed by atoms with E-state index in [1.54, 1.807) is 12.4 Å². The van der Waals surface area contributed by atoms with E-state index >= 15 is 0 Å². The fraction of sp³-hybridized carbons (Fsp3) is 0.667. The maximum atomic E-state index is 11.7. The molecule has 4 nitrogen and oxygen atoms in total. The van der Waals surface area contributed by atoms with Crippen LogP contribution in [0.2, 0.25) is 0 Å². The van der Waals surface area contributed by atoms with E-state index in [0.717, 1.165) is 12.0 Å². The second-order valence-electron chi connectivity index (χ2n) is 5.01. The molecule has 1 rings (SSSR count). The Morgan fingerprint density at radius 1 is 1.56 bits per heavy atom. The molecule has 1 aromatic heterocycles. The number of ether oxygens (including phenoxy) is 1. The standard InChI is InChI=1S/C12H20N2O2/c1-6-9(2)10-7-13-14(8-10)11(15)16-12(3,4)5/h7-9H,6H2,1-5H3. The summed E-state index contributed by atoms with van der Waals surface area (Å²) in [6.07, 6.45) is 4.06. The van der Waals surface area contributed by atoms with Crippen LogP contribution in [0.3, 0.4) is 0 Å². The smallest absolute Gasteiger partial charge is 0.435 e. The van der Waals surface area contributed by atoms with E-state index in [1.165, 1.54) is 4.68 Å². The van der Waals surface area contributed by atoms with E-state index in [1.807, 2.05) is 20.8 Å². The highest BCUT2D eigenvalue weighted by Gasteiger charge is 2.19. The lowest BCUT2D eigenvalue weighted by molar-refractivity contribution is 0.0514. The summed E-state index contributed by atoms with van der Waals surface area (Å²) in [7, 11) is 0. The molecule has 4 heteroatoms. The molecule has 1 atom stereocenters. The fourth-order valence-corrected chi connectivity index (χ4v) is 1.24. The number of nitrogens with zero attached hydrogens (tertiary/aromatic N) is 2. The molecule has 1 unspecified atom stereocenters. The lowest BCUT2D eigenvalue weighted by Gasteiger charge is -2.18. The number of hydrogen-bond donors (Lipinski definition) is 0. The normalized spacial score (nSPS) is 13.6. The zero-order valence-electron chi connectivity index (χ0n) is 10.7. The van der Waals surface area contributed by atoms with Crippen molar-refractivity contribution in [3.05, 3.63) is 18.0 Å². The molecule has 0 N–H and O–H groups in total. The first-order chi connectivity index (χ1) is 7.33. The number of hydrogen-bond acceptors (Lipinski definition) is 3. The lowest BCUT2D eigenvalue weighted by Crippen LogP contribution is -2.27. The van der Waals surface area contributed by atoms with Crippen molar-refractivity contribution in [3.8, 4) is 0 Å². The minimum absolute atomic E-state index is 0.413. The molecular weight excluding hydrogens is 204 g/mol. The van der Waals surface area contributed by atoms with Gasteiger partial charge >= 0.3 is 6.09 Å². The summed E-state index contributed by atoms with van der Waals surface area (Å²) in [6, 6.07) is 0. The second kappa shape index (κ2) is 4.68. The Balaban J connectivity index is 2.75. The van der Waals surface area contributed by atoms with E-state index in [2.05, 4.69) is 18.9 Å². The van der Waals surface area contributed by atoms with Gasteiger partial charge in [-0.3, -0.25) is 0 Å². The van der Waals surface area contributed by atoms with Gasteiger partial charge in [0.05, 0.1) is 6.20 Å². The number of aromatic nitrogens is 2. The van der Waals surface area contributed by atoms with Gasteiger partial charge in [0.1, 0.15) is 5.60 Å². The van der Waals surface area contributed by atoms with E-state index in [9.17, 15) is 4.79 Å². The molecule has 0 saturated heterocycles. The third-order valence-corrected chi connectivity index (χ3v) is 2.36. The molecule has 1 heterocycles. The number of rotatable bonds is 2. The Morgan fingerprint density at radius 3 is 2.69 bits per heavy atom. The van der Waals surface area contributed by atoms with Crippen molar-refractivity contribution >= 4 is 6.09 Å². The maximum absolute atomic E-state index is 11.7. The van der Waals surface area contributed by atoms with Crippen LogP contribution in [0.25, 0.3) is 0 Å². The maximum Gasteiger partial charge on any atom is 0.435 e. The van der Waals surface area contributed by atoms with Crippen LogP contribution in [0.1, 0.15) is 52.5 Å². The number of carbonyl (C=O) groups is 1. The van der Waals surface area contributed by atoms with Gasteiger partial charge in [0, 0.05) is 6.20 Å². The molecule has 0 aliphatic carbocycles. The van der Waals surface area contributed by atoms with Gasteiger partial charge in [-0.15, -0.1) is 0 Å². The SMILES string of the molecule is CCC(C)c1cnn(C(=O)OC(C)(C)C)c1. The van der Waals surface area contributed by atoms with Gasteiger partial charge in [-0.25, -0.2) is 4.79 Å². The average Bonchev–Trinajstić information content (AvgIpc) is 2.62. The molecule has 0 aromatic carbocycles. The molecule has 90 valence electrons. The zero-order valence-corrected chi connectivity index (χ0v) is 10.7. The van der Waals surface area contributed by atoms with Crippen molar-refractivity contribution in [3.63, 3.8) is 0 Å². The molecule has 0 spiro atoms. The Bertz CT molecular complexity index is 363. The van der Waals surface area contributed by atoms with Crippen LogP contribution >= 0.6 is 0 Å². The van der Waals surface area contributed by atoms with Gasteiger partial charge < -0.3 is 4.74 Å². The van der Waals surface area contributed by atoms with E-state index in [0.29, 0.717) is 5.92 Å². The summed E-state index contributed by atoms with van der Waals surface area (Å²) >= 11 is 0. The lowest BCUT2D eigenvalue weighted by atomic mass is 10.0. The van der Waals surface area contributed by atoms with Crippen LogP contribution in [0.5, 0.6) is 0 Å². The minimum Gasteiger partial charge on any atom is -0.442 e. The quantitative estimate of drug-likeness (QED) is 0.775. The van der Waals surface area contributed by atoms with Crippen LogP contribution < -0.4 is 0 Å². The van der Waals surface area contributed by atoms with Crippen molar-refractivity contribution in [2.75, 3.05) is 0 Å². The van der Waals surface area contributed by atoms with Gasteiger partial charge in [0.15, 0.2) is 0 Å². The molecule has 1 aromatic rings. The summed E-state index contributed by atoms with van der Waals surface area (Å²) < 4.78 is 6.47. The third kappa shape index (κ3) is 3.36. The van der Waals surface area contributed by atoms with Gasteiger partial charge in [-0.2, -0.15) is 9.78 Å². The Labute approximate surface area is 96.6 Å². The monoisotopic (exact) mass is 224 g/mol. The highest BCUT2D eigenvalue weighted by Crippen LogP contribution is 2.17. The predicted molar refractivity (Wildman–Crippen MR) is 62.6 cm³/mol. The van der Waals surface area contributed by atoms with Crippen molar-refractivity contribution in [2.24, 2.45) is 0 Å². The Kier molecular flexibility index (Phi) is 3.73. The van der Waals surface area contributed by atoms with E-state index in [-0.39, 0.29) is 0 Å². The van der Waals surface area contributed by atoms with Gasteiger partial charge in [-0.05, 0) is 38.7 Å². The zero-order chi connectivity index (χ0) is 12.3. The van der Waals surface area contributed by atoms with Crippen LogP contribution in [0.4, 0.5) is 4.79 Å². The molecule has 0 bridgehead atoms. The first-order valence-corrected chi connectivity index (χ1v) is 5.61. The molecule has 0 fully saturated rings. The average molecular weight is 224 g/mol. The molecule has 0 aliphatic heterocycles. The third-order valence-electron chi connectivity index (χ3n) is 2.36. The summed E-state index contributed by atoms with van der Waals surface area (Å²) in [5.74, 6) is 0.413. The van der Waals surface area contributed by atoms with Crippen LogP contribution in [-0.4, -0.2) is 21.5 Å². The molecular formula is C12H20N2O2. The fourth-order valence-electron chi connectivity index (χ4n) is 1.24. The Hall–Kier alpha value is -1.32. The first-order valence-electron chi connectivity index (χ1n) is 5.61. The molecule has 0 saturated carbocycles. The summed E-state index contributed by atoms with van der Waals surface area (Å²) in [4.78, 5) is 11.7. The van der Waals surface area contributed by atoms with Gasteiger partial charge in [0.2, 0.25) is 0 Å². The van der Waals surface area contributed by atoms with Crippen LogP contribution in [0.15, 0.2) is 12.4 Å². The molecule has 16 heavy (non-hydrogen) atoms. The summed E-state index contributed by atoms with van der Waals surface area (Å²) in [6.45, 7) is 9.73. The second-order valence-corrected chi connectivity index (χ2v) is 5.01. The predicted octanol–water partition coefficient (Wildman–Crippen LogP) is 3.18. The van der Waals surface area contributed by atoms with Crippen LogP contribution in [-0.2, 0) is 4.74 Å². The molecule has 0 amide bonds. The highest BCUT2D eigenvalue weighted by atomic mass is 16.6. The molecule has 0 aliphatic rings. The summed E-state index contributed by atoms with van der Waals surface area (Å²) in [5, 5.41) is 4.01.